The normalized spacial score (nSPS) is 14.0. The number of hydrogen-bond acceptors (Lipinski definition) is 4. The first-order valence-corrected chi connectivity index (χ1v) is 9.92. The molecule has 0 aliphatic heterocycles. The van der Waals surface area contributed by atoms with Crippen molar-refractivity contribution < 1.29 is 9.53 Å². The van der Waals surface area contributed by atoms with Crippen LogP contribution in [-0.2, 0) is 22.4 Å². The lowest BCUT2D eigenvalue weighted by atomic mass is 10.2. The first-order valence-electron chi connectivity index (χ1n) is 9.55. The number of amides is 1. The van der Waals surface area contributed by atoms with Crippen molar-refractivity contribution in [1.82, 2.24) is 14.8 Å². The van der Waals surface area contributed by atoms with Gasteiger partial charge in [0.15, 0.2) is 0 Å². The van der Waals surface area contributed by atoms with Crippen molar-refractivity contribution in [3.05, 3.63) is 40.4 Å². The minimum absolute atomic E-state index is 0.0459. The van der Waals surface area contributed by atoms with Crippen LogP contribution in [0.1, 0.15) is 56.4 Å². The lowest BCUT2D eigenvalue weighted by Crippen LogP contribution is -2.15. The number of ether oxygens (including phenoxy) is 1. The van der Waals surface area contributed by atoms with Crippen molar-refractivity contribution in [1.29, 1.82) is 0 Å². The average molecular weight is 391 g/mol. The number of anilines is 1. The number of rotatable bonds is 9. The first kappa shape index (κ1) is 19.8. The zero-order valence-corrected chi connectivity index (χ0v) is 16.9. The van der Waals surface area contributed by atoms with E-state index in [-0.39, 0.29) is 12.0 Å². The topological polar surface area (TPSA) is 69.0 Å². The minimum atomic E-state index is -0.0459. The number of halogens is 1. The molecule has 1 heterocycles. The Morgan fingerprint density at radius 3 is 2.67 bits per heavy atom. The average Bonchev–Trinajstić information content (AvgIpc) is 3.38. The van der Waals surface area contributed by atoms with Gasteiger partial charge in [0.25, 0.3) is 0 Å². The summed E-state index contributed by atoms with van der Waals surface area (Å²) in [6.45, 7) is 6.58. The van der Waals surface area contributed by atoms with E-state index in [0.717, 1.165) is 42.2 Å². The summed E-state index contributed by atoms with van der Waals surface area (Å²) >= 11 is 6.11. The predicted octanol–water partition coefficient (Wildman–Crippen LogP) is 4.11. The highest BCUT2D eigenvalue weighted by Gasteiger charge is 2.29. The molecule has 0 saturated heterocycles. The summed E-state index contributed by atoms with van der Waals surface area (Å²) in [4.78, 5) is 12.4. The summed E-state index contributed by atoms with van der Waals surface area (Å²) in [5.74, 6) is 1.80. The fourth-order valence-electron chi connectivity index (χ4n) is 3.02. The van der Waals surface area contributed by atoms with Crippen molar-refractivity contribution in [2.45, 2.75) is 65.0 Å². The number of nitrogens with one attached hydrogen (secondary N) is 1. The van der Waals surface area contributed by atoms with Gasteiger partial charge in [-0.25, -0.2) is 0 Å². The number of aryl methyl sites for hydroxylation is 1. The minimum Gasteiger partial charge on any atom is -0.378 e. The van der Waals surface area contributed by atoms with Crippen LogP contribution in [-0.4, -0.2) is 33.4 Å². The van der Waals surface area contributed by atoms with E-state index in [9.17, 15) is 4.79 Å². The number of aromatic nitrogens is 3. The number of benzene rings is 1. The maximum absolute atomic E-state index is 12.4. The molecule has 0 radical (unpaired) electrons. The molecule has 1 aromatic heterocycles. The van der Waals surface area contributed by atoms with E-state index in [1.54, 1.807) is 0 Å². The Balaban J connectivity index is 1.59. The molecule has 3 rings (SSSR count). The van der Waals surface area contributed by atoms with E-state index in [4.69, 9.17) is 16.3 Å². The zero-order chi connectivity index (χ0) is 19.4. The molecule has 0 bridgehead atoms. The summed E-state index contributed by atoms with van der Waals surface area (Å²) in [5.41, 5.74) is 1.63. The van der Waals surface area contributed by atoms with E-state index < -0.39 is 0 Å². The molecule has 1 fully saturated rings. The van der Waals surface area contributed by atoms with E-state index >= 15 is 0 Å². The molecule has 7 heteroatoms. The first-order chi connectivity index (χ1) is 13.0. The van der Waals surface area contributed by atoms with Gasteiger partial charge in [0, 0.05) is 36.0 Å². The predicted molar refractivity (Wildman–Crippen MR) is 106 cm³/mol. The Labute approximate surface area is 165 Å². The van der Waals surface area contributed by atoms with Crippen LogP contribution in [0, 0.1) is 6.92 Å². The molecule has 1 aliphatic rings. The van der Waals surface area contributed by atoms with Crippen molar-refractivity contribution >= 4 is 23.2 Å². The number of carbonyl (C=O) groups is 1. The molecule has 27 heavy (non-hydrogen) atoms. The number of nitrogens with zero attached hydrogens (tertiary/aromatic N) is 3. The third-order valence-electron chi connectivity index (χ3n) is 4.64. The van der Waals surface area contributed by atoms with Gasteiger partial charge in [-0.2, -0.15) is 0 Å². The van der Waals surface area contributed by atoms with Gasteiger partial charge in [-0.1, -0.05) is 17.7 Å². The second-order valence-electron chi connectivity index (χ2n) is 7.26. The van der Waals surface area contributed by atoms with Gasteiger partial charge in [-0.05, 0) is 51.3 Å². The Morgan fingerprint density at radius 2 is 2.00 bits per heavy atom. The lowest BCUT2D eigenvalue weighted by Gasteiger charge is -2.11. The van der Waals surface area contributed by atoms with Gasteiger partial charge in [0.2, 0.25) is 5.91 Å². The molecule has 2 aromatic rings. The highest BCUT2D eigenvalue weighted by molar-refractivity contribution is 6.31. The fourth-order valence-corrected chi connectivity index (χ4v) is 3.20. The van der Waals surface area contributed by atoms with Crippen LogP contribution in [0.2, 0.25) is 5.02 Å². The maximum atomic E-state index is 12.4. The maximum Gasteiger partial charge on any atom is 0.224 e. The molecule has 6 nitrogen and oxygen atoms in total. The van der Waals surface area contributed by atoms with Crippen LogP contribution in [0.5, 0.6) is 0 Å². The van der Waals surface area contributed by atoms with Gasteiger partial charge in [-0.3, -0.25) is 4.79 Å². The molecular weight excluding hydrogens is 364 g/mol. The number of hydrogen-bond donors (Lipinski definition) is 1. The Kier molecular flexibility index (Phi) is 6.50. The third kappa shape index (κ3) is 5.30. The van der Waals surface area contributed by atoms with E-state index in [2.05, 4.69) is 20.1 Å². The van der Waals surface area contributed by atoms with Gasteiger partial charge < -0.3 is 14.6 Å². The molecule has 0 atom stereocenters. The molecule has 146 valence electrons. The van der Waals surface area contributed by atoms with Crippen LogP contribution >= 0.6 is 11.6 Å². The monoisotopic (exact) mass is 390 g/mol. The molecule has 1 N–H and O–H groups in total. The van der Waals surface area contributed by atoms with Crippen molar-refractivity contribution in [2.75, 3.05) is 11.9 Å². The smallest absolute Gasteiger partial charge is 0.224 e. The summed E-state index contributed by atoms with van der Waals surface area (Å²) < 4.78 is 7.85. The van der Waals surface area contributed by atoms with Crippen molar-refractivity contribution in [2.24, 2.45) is 0 Å². The Hall–Kier alpha value is -1.92. The molecule has 1 aromatic carbocycles. The molecular formula is C20H27ClN4O2. The second kappa shape index (κ2) is 8.85. The van der Waals surface area contributed by atoms with Crippen LogP contribution in [0.15, 0.2) is 18.2 Å². The molecule has 0 spiro atoms. The van der Waals surface area contributed by atoms with Crippen LogP contribution in [0.3, 0.4) is 0 Å². The van der Waals surface area contributed by atoms with Gasteiger partial charge in [0.1, 0.15) is 11.6 Å². The number of carbonyl (C=O) groups excluding carboxylic acids is 1. The molecule has 1 saturated carbocycles. The van der Waals surface area contributed by atoms with E-state index in [1.165, 1.54) is 0 Å². The van der Waals surface area contributed by atoms with Crippen molar-refractivity contribution in [3.63, 3.8) is 0 Å². The van der Waals surface area contributed by atoms with Crippen LogP contribution < -0.4 is 5.32 Å². The molecule has 1 aliphatic carbocycles. The fraction of sp³-hybridized carbons (Fsp3) is 0.550. The SMILES string of the molecule is Cc1c(Cl)cccc1NC(=O)CCc1nnc(CCOC(C)C)n1C1CC1. The lowest BCUT2D eigenvalue weighted by molar-refractivity contribution is -0.116. The van der Waals surface area contributed by atoms with Crippen LogP contribution in [0.25, 0.3) is 0 Å². The quantitative estimate of drug-likeness (QED) is 0.699. The van der Waals surface area contributed by atoms with Gasteiger partial charge >= 0.3 is 0 Å². The van der Waals surface area contributed by atoms with E-state index in [0.29, 0.717) is 30.5 Å². The summed E-state index contributed by atoms with van der Waals surface area (Å²) in [6, 6.07) is 5.98. The highest BCUT2D eigenvalue weighted by Crippen LogP contribution is 2.37. The standard InChI is InChI=1S/C20H27ClN4O2/c1-13(2)27-12-11-19-24-23-18(25(19)15-7-8-15)9-10-20(26)22-17-6-4-5-16(21)14(17)3/h4-6,13,15H,7-12H2,1-3H3,(H,22,26). The van der Waals surface area contributed by atoms with Gasteiger partial charge in [-0.15, -0.1) is 10.2 Å². The molecule has 0 unspecified atom stereocenters. The second-order valence-corrected chi connectivity index (χ2v) is 7.67. The molecule has 1 amide bonds. The summed E-state index contributed by atoms with van der Waals surface area (Å²) in [6.07, 6.45) is 4.18. The third-order valence-corrected chi connectivity index (χ3v) is 5.05. The van der Waals surface area contributed by atoms with Crippen molar-refractivity contribution in [3.8, 4) is 0 Å². The zero-order valence-electron chi connectivity index (χ0n) is 16.2. The Morgan fingerprint density at radius 1 is 1.30 bits per heavy atom. The van der Waals surface area contributed by atoms with Crippen LogP contribution in [0.4, 0.5) is 5.69 Å². The largest absolute Gasteiger partial charge is 0.378 e. The van der Waals surface area contributed by atoms with E-state index in [1.807, 2.05) is 39.0 Å². The summed E-state index contributed by atoms with van der Waals surface area (Å²) in [5, 5.41) is 12.3. The summed E-state index contributed by atoms with van der Waals surface area (Å²) in [7, 11) is 0. The van der Waals surface area contributed by atoms with Gasteiger partial charge in [0.05, 0.1) is 12.7 Å². The highest BCUT2D eigenvalue weighted by atomic mass is 35.5. The Bertz CT molecular complexity index is 799.